The van der Waals surface area contributed by atoms with Crippen LogP contribution in [0.2, 0.25) is 0 Å². The highest BCUT2D eigenvalue weighted by Crippen LogP contribution is 2.27. The molecule has 0 heterocycles. The van der Waals surface area contributed by atoms with Gasteiger partial charge in [-0.15, -0.1) is 11.6 Å². The lowest BCUT2D eigenvalue weighted by atomic mass is 9.80. The molecule has 0 radical (unpaired) electrons. The highest BCUT2D eigenvalue weighted by atomic mass is 35.5. The van der Waals surface area contributed by atoms with Crippen LogP contribution in [0.3, 0.4) is 0 Å². The molecule has 0 bridgehead atoms. The highest BCUT2D eigenvalue weighted by Gasteiger charge is 2.22. The molecule has 2 unspecified atom stereocenters. The molecule has 3 heteroatoms. The molecule has 0 saturated carbocycles. The second-order valence-electron chi connectivity index (χ2n) is 5.53. The minimum atomic E-state index is 0.134. The van der Waals surface area contributed by atoms with Crippen LogP contribution in [0.4, 0.5) is 0 Å². The van der Waals surface area contributed by atoms with E-state index in [2.05, 4.69) is 33.0 Å². The Hall–Kier alpha value is -0.240. The van der Waals surface area contributed by atoms with Gasteiger partial charge in [-0.25, -0.2) is 0 Å². The average Bonchev–Trinajstić information content (AvgIpc) is 2.12. The van der Waals surface area contributed by atoms with E-state index >= 15 is 0 Å². The minimum Gasteiger partial charge on any atom is -0.356 e. The first-order valence-electron chi connectivity index (χ1n) is 5.60. The molecular formula is C12H24ClNO. The van der Waals surface area contributed by atoms with Crippen LogP contribution in [-0.4, -0.2) is 18.3 Å². The summed E-state index contributed by atoms with van der Waals surface area (Å²) in [6.45, 7) is 11.3. The maximum Gasteiger partial charge on any atom is 0.220 e. The summed E-state index contributed by atoms with van der Waals surface area (Å²) in [5.74, 6) is 1.47. The summed E-state index contributed by atoms with van der Waals surface area (Å²) in [6.07, 6.45) is 0.596. The van der Waals surface area contributed by atoms with Crippen LogP contribution in [0, 0.1) is 17.3 Å². The lowest BCUT2D eigenvalue weighted by Crippen LogP contribution is -2.32. The Labute approximate surface area is 98.8 Å². The molecule has 0 rings (SSSR count). The molecule has 0 fully saturated rings. The van der Waals surface area contributed by atoms with E-state index in [0.29, 0.717) is 30.7 Å². The Morgan fingerprint density at radius 1 is 1.33 bits per heavy atom. The van der Waals surface area contributed by atoms with E-state index in [4.69, 9.17) is 11.6 Å². The van der Waals surface area contributed by atoms with Gasteiger partial charge in [-0.2, -0.15) is 0 Å². The standard InChI is InChI=1S/C12H24ClNO/c1-9(7-13)8-14-11(15)6-10(2)12(3,4)5/h9-10H,6-8H2,1-5H3,(H,14,15). The van der Waals surface area contributed by atoms with Gasteiger partial charge in [-0.3, -0.25) is 4.79 Å². The average molecular weight is 234 g/mol. The fourth-order valence-corrected chi connectivity index (χ4v) is 1.11. The minimum absolute atomic E-state index is 0.134. The van der Waals surface area contributed by atoms with Gasteiger partial charge >= 0.3 is 0 Å². The Kier molecular flexibility index (Phi) is 6.26. The van der Waals surface area contributed by atoms with Crippen molar-refractivity contribution in [2.24, 2.45) is 17.3 Å². The molecule has 1 N–H and O–H groups in total. The van der Waals surface area contributed by atoms with Gasteiger partial charge in [0.25, 0.3) is 0 Å². The van der Waals surface area contributed by atoms with Gasteiger partial charge in [0.2, 0.25) is 5.91 Å². The van der Waals surface area contributed by atoms with Gasteiger partial charge in [-0.05, 0) is 17.3 Å². The summed E-state index contributed by atoms with van der Waals surface area (Å²) in [6, 6.07) is 0. The third kappa shape index (κ3) is 6.77. The zero-order valence-electron chi connectivity index (χ0n) is 10.6. The number of carbonyl (C=O) groups excluding carboxylic acids is 1. The van der Waals surface area contributed by atoms with Crippen LogP contribution in [0.1, 0.15) is 41.0 Å². The van der Waals surface area contributed by atoms with Crippen LogP contribution in [-0.2, 0) is 4.79 Å². The number of rotatable bonds is 5. The topological polar surface area (TPSA) is 29.1 Å². The number of amides is 1. The van der Waals surface area contributed by atoms with E-state index in [9.17, 15) is 4.79 Å². The Balaban J connectivity index is 3.84. The second-order valence-corrected chi connectivity index (χ2v) is 5.84. The summed E-state index contributed by atoms with van der Waals surface area (Å²) in [7, 11) is 0. The van der Waals surface area contributed by atoms with E-state index in [-0.39, 0.29) is 11.3 Å². The summed E-state index contributed by atoms with van der Waals surface area (Å²) in [4.78, 5) is 11.6. The molecular weight excluding hydrogens is 210 g/mol. The predicted molar refractivity (Wildman–Crippen MR) is 66.1 cm³/mol. The van der Waals surface area contributed by atoms with E-state index in [1.54, 1.807) is 0 Å². The Bertz CT molecular complexity index is 198. The largest absolute Gasteiger partial charge is 0.356 e. The third-order valence-electron chi connectivity index (χ3n) is 2.88. The smallest absolute Gasteiger partial charge is 0.220 e. The Morgan fingerprint density at radius 2 is 1.87 bits per heavy atom. The molecule has 2 nitrogen and oxygen atoms in total. The molecule has 15 heavy (non-hydrogen) atoms. The maximum atomic E-state index is 11.6. The van der Waals surface area contributed by atoms with Crippen LogP contribution >= 0.6 is 11.6 Å². The molecule has 0 aromatic heterocycles. The summed E-state index contributed by atoms with van der Waals surface area (Å²) in [5.41, 5.74) is 0.190. The van der Waals surface area contributed by atoms with Crippen LogP contribution in [0.5, 0.6) is 0 Å². The van der Waals surface area contributed by atoms with Gasteiger partial charge < -0.3 is 5.32 Å². The molecule has 0 spiro atoms. The quantitative estimate of drug-likeness (QED) is 0.727. The number of alkyl halides is 1. The zero-order chi connectivity index (χ0) is 12.1. The first-order valence-corrected chi connectivity index (χ1v) is 6.13. The lowest BCUT2D eigenvalue weighted by Gasteiger charge is -2.26. The number of hydrogen-bond donors (Lipinski definition) is 1. The molecule has 2 atom stereocenters. The maximum absolute atomic E-state index is 11.6. The van der Waals surface area contributed by atoms with Crippen molar-refractivity contribution in [3.05, 3.63) is 0 Å². The third-order valence-corrected chi connectivity index (χ3v) is 3.41. The highest BCUT2D eigenvalue weighted by molar-refractivity contribution is 6.18. The van der Waals surface area contributed by atoms with Crippen molar-refractivity contribution in [1.29, 1.82) is 0 Å². The monoisotopic (exact) mass is 233 g/mol. The van der Waals surface area contributed by atoms with Gasteiger partial charge in [0.15, 0.2) is 0 Å². The second kappa shape index (κ2) is 6.37. The van der Waals surface area contributed by atoms with E-state index in [1.807, 2.05) is 6.92 Å². The summed E-state index contributed by atoms with van der Waals surface area (Å²) >= 11 is 5.66. The van der Waals surface area contributed by atoms with Gasteiger partial charge in [0, 0.05) is 18.8 Å². The van der Waals surface area contributed by atoms with Crippen LogP contribution in [0.15, 0.2) is 0 Å². The molecule has 0 saturated heterocycles. The first kappa shape index (κ1) is 14.8. The number of carbonyl (C=O) groups is 1. The SMILES string of the molecule is CC(CCl)CNC(=O)CC(C)C(C)(C)C. The van der Waals surface area contributed by atoms with E-state index in [1.165, 1.54) is 0 Å². The zero-order valence-corrected chi connectivity index (χ0v) is 11.3. The van der Waals surface area contributed by atoms with Crippen molar-refractivity contribution in [3.8, 4) is 0 Å². The number of nitrogens with one attached hydrogen (secondary N) is 1. The van der Waals surface area contributed by atoms with Crippen molar-refractivity contribution in [2.75, 3.05) is 12.4 Å². The predicted octanol–water partition coefficient (Wildman–Crippen LogP) is 3.05. The van der Waals surface area contributed by atoms with Gasteiger partial charge in [0.05, 0.1) is 0 Å². The fraction of sp³-hybridized carbons (Fsp3) is 0.917. The molecule has 0 aliphatic carbocycles. The van der Waals surface area contributed by atoms with Gasteiger partial charge in [0.1, 0.15) is 0 Å². The number of hydrogen-bond acceptors (Lipinski definition) is 1. The van der Waals surface area contributed by atoms with Crippen LogP contribution in [0.25, 0.3) is 0 Å². The van der Waals surface area contributed by atoms with Crippen molar-refractivity contribution in [3.63, 3.8) is 0 Å². The molecule has 90 valence electrons. The van der Waals surface area contributed by atoms with E-state index in [0.717, 1.165) is 0 Å². The summed E-state index contributed by atoms with van der Waals surface area (Å²) < 4.78 is 0. The molecule has 0 aromatic rings. The van der Waals surface area contributed by atoms with Crippen LogP contribution < -0.4 is 5.32 Å². The van der Waals surface area contributed by atoms with Gasteiger partial charge in [-0.1, -0.05) is 34.6 Å². The Morgan fingerprint density at radius 3 is 2.27 bits per heavy atom. The fourth-order valence-electron chi connectivity index (χ4n) is 0.999. The van der Waals surface area contributed by atoms with Crippen molar-refractivity contribution >= 4 is 17.5 Å². The van der Waals surface area contributed by atoms with Crippen molar-refractivity contribution in [2.45, 2.75) is 41.0 Å². The molecule has 0 aromatic carbocycles. The number of halogens is 1. The first-order chi connectivity index (χ1) is 6.77. The lowest BCUT2D eigenvalue weighted by molar-refractivity contribution is -0.122. The molecule has 1 amide bonds. The van der Waals surface area contributed by atoms with E-state index < -0.39 is 0 Å². The summed E-state index contributed by atoms with van der Waals surface area (Å²) in [5, 5.41) is 2.91. The van der Waals surface area contributed by atoms with Crippen molar-refractivity contribution < 1.29 is 4.79 Å². The normalized spacial score (nSPS) is 15.9. The molecule has 0 aliphatic rings. The van der Waals surface area contributed by atoms with Crippen molar-refractivity contribution in [1.82, 2.24) is 5.32 Å². The molecule has 0 aliphatic heterocycles.